The minimum atomic E-state index is -0.0503. The highest BCUT2D eigenvalue weighted by Crippen LogP contribution is 2.42. The Labute approximate surface area is 315 Å². The average molecular weight is 703 g/mol. The third kappa shape index (κ3) is 12.6. The zero-order chi connectivity index (χ0) is 40.7. The average Bonchev–Trinajstić information content (AvgIpc) is 2.86. The molecule has 0 atom stereocenters. The van der Waals surface area contributed by atoms with E-state index in [4.69, 9.17) is 0 Å². The molecule has 0 aliphatic heterocycles. The summed E-state index contributed by atoms with van der Waals surface area (Å²) in [5.74, 6) is 1.33. The Balaban J connectivity index is 0.000000385. The second-order valence-electron chi connectivity index (χ2n) is 22.0. The highest BCUT2D eigenvalue weighted by Gasteiger charge is 2.29. The van der Waals surface area contributed by atoms with Crippen molar-refractivity contribution in [3.63, 3.8) is 0 Å². The highest BCUT2D eigenvalue weighted by molar-refractivity contribution is 5.52. The molecule has 0 aromatic heterocycles. The Hall–Kier alpha value is -2.94. The standard InChI is InChI=1S/C18H30O.2C15H24O/c1-16(2,3)12-10-13(17(4,5)6)15(19)14(11-12)18(7,8)9;1-10-8-13(16)12(15(5,6)7)9-11(10)14(2,3)4;1-10-8-11(14(2,3)4)9-12(13(10)16)15(5,6)7/h10-11,19H,1-9H3;2*8-9,16H,1-7H3. The molecule has 3 aromatic carbocycles. The van der Waals surface area contributed by atoms with Crippen LogP contribution < -0.4 is 0 Å². The first kappa shape index (κ1) is 46.1. The lowest BCUT2D eigenvalue weighted by molar-refractivity contribution is 0.420. The minimum Gasteiger partial charge on any atom is -0.508 e. The smallest absolute Gasteiger partial charge is 0.123 e. The van der Waals surface area contributed by atoms with Gasteiger partial charge in [-0.1, -0.05) is 176 Å². The fourth-order valence-corrected chi connectivity index (χ4v) is 6.10. The lowest BCUT2D eigenvalue weighted by Gasteiger charge is -2.31. The Morgan fingerprint density at radius 2 is 0.588 bits per heavy atom. The van der Waals surface area contributed by atoms with Gasteiger partial charge in [0.2, 0.25) is 0 Å². The van der Waals surface area contributed by atoms with E-state index in [0.717, 1.165) is 33.4 Å². The zero-order valence-electron chi connectivity index (χ0n) is 37.3. The van der Waals surface area contributed by atoms with E-state index in [9.17, 15) is 15.3 Å². The van der Waals surface area contributed by atoms with Crippen molar-refractivity contribution in [2.45, 2.75) is 197 Å². The Bertz CT molecular complexity index is 1570. The van der Waals surface area contributed by atoms with Gasteiger partial charge in [0, 0.05) is 0 Å². The molecule has 3 rings (SSSR count). The van der Waals surface area contributed by atoms with E-state index >= 15 is 0 Å². The van der Waals surface area contributed by atoms with Crippen LogP contribution in [0.3, 0.4) is 0 Å². The SMILES string of the molecule is CC(C)(C)c1cc(C(C)(C)C)c(O)c(C(C)(C)C)c1.Cc1cc(C(C)(C)C)cc(C(C)(C)C)c1O.Cc1cc(O)c(C(C)(C)C)cc1C(C)(C)C. The predicted octanol–water partition coefficient (Wildman–Crippen LogP) is 13.9. The summed E-state index contributed by atoms with van der Waals surface area (Å²) >= 11 is 0. The van der Waals surface area contributed by atoms with Crippen LogP contribution in [0.4, 0.5) is 0 Å². The molecule has 288 valence electrons. The summed E-state index contributed by atoms with van der Waals surface area (Å²) in [6.45, 7) is 49.6. The molecular weight excluding hydrogens is 625 g/mol. The first-order chi connectivity index (χ1) is 22.3. The summed E-state index contributed by atoms with van der Waals surface area (Å²) in [4.78, 5) is 0. The summed E-state index contributed by atoms with van der Waals surface area (Å²) in [5, 5.41) is 30.8. The number of phenolic OH excluding ortho intramolecular Hbond substituents is 3. The number of aromatic hydroxyl groups is 3. The van der Waals surface area contributed by atoms with Crippen LogP contribution in [0.5, 0.6) is 17.2 Å². The molecule has 0 radical (unpaired) electrons. The van der Waals surface area contributed by atoms with Gasteiger partial charge in [0.15, 0.2) is 0 Å². The van der Waals surface area contributed by atoms with E-state index in [1.165, 1.54) is 16.7 Å². The molecule has 0 spiro atoms. The molecular formula is C48H78O3. The molecule has 51 heavy (non-hydrogen) atoms. The van der Waals surface area contributed by atoms with Gasteiger partial charge in [0.1, 0.15) is 17.2 Å². The predicted molar refractivity (Wildman–Crippen MR) is 225 cm³/mol. The van der Waals surface area contributed by atoms with Crippen molar-refractivity contribution in [2.75, 3.05) is 0 Å². The molecule has 0 saturated carbocycles. The number of hydrogen-bond donors (Lipinski definition) is 3. The lowest BCUT2D eigenvalue weighted by Crippen LogP contribution is -2.21. The first-order valence-corrected chi connectivity index (χ1v) is 18.9. The van der Waals surface area contributed by atoms with Crippen LogP contribution in [0.15, 0.2) is 36.4 Å². The first-order valence-electron chi connectivity index (χ1n) is 18.9. The highest BCUT2D eigenvalue weighted by atomic mass is 16.3. The van der Waals surface area contributed by atoms with Gasteiger partial charge in [-0.2, -0.15) is 0 Å². The number of aryl methyl sites for hydroxylation is 2. The van der Waals surface area contributed by atoms with Gasteiger partial charge in [-0.15, -0.1) is 0 Å². The summed E-state index contributed by atoms with van der Waals surface area (Å²) in [7, 11) is 0. The fourth-order valence-electron chi connectivity index (χ4n) is 6.10. The normalized spacial score (nSPS) is 13.2. The summed E-state index contributed by atoms with van der Waals surface area (Å²) in [6.07, 6.45) is 0. The number of phenols is 3. The molecule has 3 heteroatoms. The monoisotopic (exact) mass is 703 g/mol. The van der Waals surface area contributed by atoms with Crippen molar-refractivity contribution >= 4 is 0 Å². The van der Waals surface area contributed by atoms with E-state index < -0.39 is 0 Å². The Kier molecular flexibility index (Phi) is 13.7. The molecule has 0 heterocycles. The summed E-state index contributed by atoms with van der Waals surface area (Å²) in [5.41, 5.74) is 10.4. The van der Waals surface area contributed by atoms with Crippen molar-refractivity contribution in [1.82, 2.24) is 0 Å². The molecule has 3 N–H and O–H groups in total. The lowest BCUT2D eigenvalue weighted by atomic mass is 9.75. The van der Waals surface area contributed by atoms with Gasteiger partial charge in [-0.05, 0) is 108 Å². The van der Waals surface area contributed by atoms with E-state index in [0.29, 0.717) is 17.2 Å². The molecule has 0 amide bonds. The summed E-state index contributed by atoms with van der Waals surface area (Å²) < 4.78 is 0. The van der Waals surface area contributed by atoms with Crippen LogP contribution in [0.25, 0.3) is 0 Å². The van der Waals surface area contributed by atoms with Crippen molar-refractivity contribution in [3.8, 4) is 17.2 Å². The molecule has 0 aliphatic rings. The van der Waals surface area contributed by atoms with Crippen LogP contribution in [0.1, 0.15) is 195 Å². The maximum Gasteiger partial charge on any atom is 0.123 e. The van der Waals surface area contributed by atoms with Crippen molar-refractivity contribution in [2.24, 2.45) is 0 Å². The summed E-state index contributed by atoms with van der Waals surface area (Å²) in [6, 6.07) is 12.6. The van der Waals surface area contributed by atoms with Gasteiger partial charge in [-0.25, -0.2) is 0 Å². The van der Waals surface area contributed by atoms with Crippen LogP contribution in [0, 0.1) is 13.8 Å². The van der Waals surface area contributed by atoms with E-state index in [1.807, 2.05) is 13.0 Å². The third-order valence-corrected chi connectivity index (χ3v) is 9.53. The maximum atomic E-state index is 10.7. The number of benzene rings is 3. The fraction of sp³-hybridized carbons (Fsp3) is 0.625. The van der Waals surface area contributed by atoms with Crippen molar-refractivity contribution in [1.29, 1.82) is 0 Å². The Morgan fingerprint density at radius 3 is 0.882 bits per heavy atom. The maximum absolute atomic E-state index is 10.7. The van der Waals surface area contributed by atoms with E-state index in [1.54, 1.807) is 0 Å². The van der Waals surface area contributed by atoms with Gasteiger partial charge in [0.05, 0.1) is 0 Å². The second kappa shape index (κ2) is 15.2. The molecule has 3 aromatic rings. The number of hydrogen-bond acceptors (Lipinski definition) is 3. The largest absolute Gasteiger partial charge is 0.508 e. The molecule has 0 unspecified atom stereocenters. The minimum absolute atomic E-state index is 0.0161. The quantitative estimate of drug-likeness (QED) is 0.218. The third-order valence-electron chi connectivity index (χ3n) is 9.53. The molecule has 0 saturated heterocycles. The van der Waals surface area contributed by atoms with Crippen molar-refractivity contribution in [3.05, 3.63) is 86.5 Å². The van der Waals surface area contributed by atoms with Gasteiger partial charge in [0.25, 0.3) is 0 Å². The van der Waals surface area contributed by atoms with Gasteiger partial charge >= 0.3 is 0 Å². The van der Waals surface area contributed by atoms with Crippen LogP contribution in [-0.4, -0.2) is 15.3 Å². The van der Waals surface area contributed by atoms with E-state index in [-0.39, 0.29) is 37.9 Å². The molecule has 0 aliphatic carbocycles. The van der Waals surface area contributed by atoms with E-state index in [2.05, 4.69) is 183 Å². The molecule has 0 bridgehead atoms. The van der Waals surface area contributed by atoms with Crippen LogP contribution in [0.2, 0.25) is 0 Å². The number of rotatable bonds is 0. The second-order valence-corrected chi connectivity index (χ2v) is 22.0. The van der Waals surface area contributed by atoms with Gasteiger partial charge in [-0.3, -0.25) is 0 Å². The molecule has 0 fully saturated rings. The Morgan fingerprint density at radius 1 is 0.294 bits per heavy atom. The van der Waals surface area contributed by atoms with Gasteiger partial charge < -0.3 is 15.3 Å². The zero-order valence-corrected chi connectivity index (χ0v) is 37.3. The molecule has 3 nitrogen and oxygen atoms in total. The topological polar surface area (TPSA) is 60.7 Å². The van der Waals surface area contributed by atoms with Crippen molar-refractivity contribution < 1.29 is 15.3 Å². The van der Waals surface area contributed by atoms with Crippen LogP contribution >= 0.6 is 0 Å². The van der Waals surface area contributed by atoms with Crippen LogP contribution in [-0.2, 0) is 37.9 Å².